The topological polar surface area (TPSA) is 84.6 Å². The maximum absolute atomic E-state index is 13.6. The second-order valence-corrected chi connectivity index (χ2v) is 15.5. The summed E-state index contributed by atoms with van der Waals surface area (Å²) < 4.78 is 5.53. The van der Waals surface area contributed by atoms with E-state index in [1.807, 2.05) is 6.92 Å². The number of likely N-dealkylation sites (N-methyl/N-ethyl adjacent to an activating group) is 1. The first-order valence-electron chi connectivity index (χ1n) is 17.9. The molecule has 10 atom stereocenters. The van der Waals surface area contributed by atoms with Crippen molar-refractivity contribution in [3.8, 4) is 0 Å². The number of piperidine rings is 3. The minimum absolute atomic E-state index is 0.0764. The largest absolute Gasteiger partial charge is 0.469 e. The number of rotatable bonds is 3. The van der Waals surface area contributed by atoms with E-state index in [4.69, 9.17) is 4.74 Å². The predicted molar refractivity (Wildman–Crippen MR) is 186 cm³/mol. The molecule has 6 heterocycles. The SMILES string of the molecule is C/C=C1/CN(C)[C@H]2Cc3c([nH]c4ccccc34)[C@H](c3ccc4c5c([nH]c4c3)[C@@H]3C[C@H]4C[C@H]([C@H](C)O)[C@@H]3N(CC5)C4)C[C@@H]1[C@@H]2C(=O)OC. The van der Waals surface area contributed by atoms with Gasteiger partial charge in [0.2, 0.25) is 0 Å². The van der Waals surface area contributed by atoms with Crippen molar-refractivity contribution in [2.75, 3.05) is 33.8 Å². The molecular weight excluding hydrogens is 584 g/mol. The molecule has 6 bridgehead atoms. The van der Waals surface area contributed by atoms with E-state index in [0.29, 0.717) is 23.8 Å². The number of aliphatic hydroxyl groups excluding tert-OH is 1. The summed E-state index contributed by atoms with van der Waals surface area (Å²) in [5, 5.41) is 13.4. The van der Waals surface area contributed by atoms with Crippen LogP contribution in [0.1, 0.15) is 73.0 Å². The number of aromatic amines is 2. The summed E-state index contributed by atoms with van der Waals surface area (Å²) in [6.45, 7) is 7.26. The zero-order valence-electron chi connectivity index (χ0n) is 28.1. The van der Waals surface area contributed by atoms with Crippen molar-refractivity contribution < 1.29 is 14.6 Å². The van der Waals surface area contributed by atoms with Gasteiger partial charge in [-0.1, -0.05) is 42.0 Å². The van der Waals surface area contributed by atoms with Crippen molar-refractivity contribution in [2.45, 2.75) is 76.0 Å². The average molecular weight is 633 g/mol. The highest BCUT2D eigenvalue weighted by atomic mass is 16.5. The lowest BCUT2D eigenvalue weighted by atomic mass is 9.64. The maximum Gasteiger partial charge on any atom is 0.310 e. The maximum atomic E-state index is 13.6. The molecule has 7 nitrogen and oxygen atoms in total. The van der Waals surface area contributed by atoms with Gasteiger partial charge in [-0.25, -0.2) is 0 Å². The fraction of sp³-hybridized carbons (Fsp3) is 0.525. The molecule has 47 heavy (non-hydrogen) atoms. The number of para-hydroxylation sites is 1. The predicted octanol–water partition coefficient (Wildman–Crippen LogP) is 6.12. The van der Waals surface area contributed by atoms with Crippen molar-refractivity contribution in [1.29, 1.82) is 0 Å². The third kappa shape index (κ3) is 4.45. The van der Waals surface area contributed by atoms with Crippen LogP contribution in [-0.4, -0.2) is 82.8 Å². The van der Waals surface area contributed by atoms with Crippen LogP contribution in [0, 0.1) is 23.7 Å². The average Bonchev–Trinajstić information content (AvgIpc) is 3.60. The van der Waals surface area contributed by atoms with Crippen molar-refractivity contribution in [3.63, 3.8) is 0 Å². The molecule has 0 spiro atoms. The van der Waals surface area contributed by atoms with E-state index in [9.17, 15) is 9.90 Å². The standard InChI is InChI=1S/C40H48N4O3/c1-5-23-20-43(3)35-18-31-25-8-6-7-9-33(25)41-38(31)30(17-29(23)36(35)40(46)47-4)24-10-11-26-27-12-13-44-19-22-14-28(21(2)45)39(44)32(15-22)37(27)42-34(26)16-24/h5-11,16,21-22,28-30,32,35-36,39,41-42,45H,12-15,17-20H2,1-4H3/b23-5-/t21-,22+,28+,29-,30-,32-,35-,36-,39-/m0/s1. The Kier molecular flexibility index (Phi) is 7.01. The molecule has 3 N–H and O–H groups in total. The molecule has 1 saturated carbocycles. The van der Waals surface area contributed by atoms with Gasteiger partial charge in [0.1, 0.15) is 0 Å². The quantitative estimate of drug-likeness (QED) is 0.187. The number of methoxy groups -OCH3 is 1. The van der Waals surface area contributed by atoms with E-state index in [1.165, 1.54) is 68.4 Å². The molecule has 4 aliphatic heterocycles. The van der Waals surface area contributed by atoms with Crippen LogP contribution in [0.25, 0.3) is 21.8 Å². The number of nitrogens with zero attached hydrogens (tertiary/aromatic N) is 2. The van der Waals surface area contributed by atoms with Crippen molar-refractivity contribution in [2.24, 2.45) is 23.7 Å². The van der Waals surface area contributed by atoms with Crippen LogP contribution >= 0.6 is 0 Å². The van der Waals surface area contributed by atoms with Crippen LogP contribution in [0.3, 0.4) is 0 Å². The summed E-state index contributed by atoms with van der Waals surface area (Å²) in [6.07, 6.45) is 7.06. The molecule has 2 aromatic heterocycles. The second-order valence-electron chi connectivity index (χ2n) is 15.5. The Morgan fingerprint density at radius 2 is 1.83 bits per heavy atom. The van der Waals surface area contributed by atoms with Gasteiger partial charge in [0.15, 0.2) is 0 Å². The van der Waals surface area contributed by atoms with Gasteiger partial charge in [-0.15, -0.1) is 0 Å². The van der Waals surface area contributed by atoms with E-state index in [-0.39, 0.29) is 35.9 Å². The van der Waals surface area contributed by atoms with Gasteiger partial charge in [-0.2, -0.15) is 0 Å². The first kappa shape index (κ1) is 29.7. The summed E-state index contributed by atoms with van der Waals surface area (Å²) in [7, 11) is 3.71. The lowest BCUT2D eigenvalue weighted by Crippen LogP contribution is -2.58. The molecule has 10 rings (SSSR count). The Balaban J connectivity index is 1.19. The lowest BCUT2D eigenvalue weighted by molar-refractivity contribution is -0.151. The zero-order valence-corrected chi connectivity index (χ0v) is 28.1. The van der Waals surface area contributed by atoms with Crippen LogP contribution in [0.2, 0.25) is 0 Å². The lowest BCUT2D eigenvalue weighted by Gasteiger charge is -2.54. The summed E-state index contributed by atoms with van der Waals surface area (Å²) in [5.41, 5.74) is 10.6. The van der Waals surface area contributed by atoms with Gasteiger partial charge >= 0.3 is 5.97 Å². The second kappa shape index (κ2) is 11.1. The first-order valence-corrected chi connectivity index (χ1v) is 17.9. The van der Waals surface area contributed by atoms with Crippen LogP contribution in [0.15, 0.2) is 54.1 Å². The zero-order chi connectivity index (χ0) is 32.1. The molecular formula is C40H48N4O3. The fourth-order valence-electron chi connectivity index (χ4n) is 11.2. The Morgan fingerprint density at radius 3 is 2.64 bits per heavy atom. The van der Waals surface area contributed by atoms with Gasteiger partial charge in [-0.3, -0.25) is 14.6 Å². The number of esters is 1. The number of carbonyl (C=O) groups is 1. The number of aromatic nitrogens is 2. The van der Waals surface area contributed by atoms with Crippen LogP contribution in [0.5, 0.6) is 0 Å². The number of nitrogens with one attached hydrogen (secondary N) is 2. The molecule has 6 aliphatic rings. The minimum atomic E-state index is -0.273. The third-order valence-corrected chi connectivity index (χ3v) is 13.2. The van der Waals surface area contributed by atoms with E-state index in [2.05, 4.69) is 82.3 Å². The highest BCUT2D eigenvalue weighted by Crippen LogP contribution is 2.52. The smallest absolute Gasteiger partial charge is 0.310 e. The Hall–Kier alpha value is -3.39. The highest BCUT2D eigenvalue weighted by molar-refractivity contribution is 5.88. The normalized spacial score (nSPS) is 34.8. The van der Waals surface area contributed by atoms with Crippen LogP contribution < -0.4 is 0 Å². The van der Waals surface area contributed by atoms with Gasteiger partial charge in [0, 0.05) is 82.7 Å². The molecule has 2 aromatic carbocycles. The molecule has 0 amide bonds. The number of likely N-dealkylation sites (tertiary alicyclic amines) is 1. The number of ether oxygens (including phenoxy) is 1. The van der Waals surface area contributed by atoms with Crippen molar-refractivity contribution in [1.82, 2.24) is 19.8 Å². The number of carbonyl (C=O) groups excluding carboxylic acids is 1. The molecule has 246 valence electrons. The summed E-state index contributed by atoms with van der Waals surface area (Å²) in [5.74, 6) is 1.37. The number of hydrogen-bond acceptors (Lipinski definition) is 5. The monoisotopic (exact) mass is 632 g/mol. The fourth-order valence-corrected chi connectivity index (χ4v) is 11.2. The highest BCUT2D eigenvalue weighted by Gasteiger charge is 2.51. The number of allylic oxidation sites excluding steroid dienone is 1. The molecule has 3 saturated heterocycles. The Labute approximate surface area is 277 Å². The van der Waals surface area contributed by atoms with Gasteiger partial charge in [-0.05, 0) is 93.7 Å². The van der Waals surface area contributed by atoms with E-state index in [1.54, 1.807) is 7.11 Å². The van der Waals surface area contributed by atoms with Crippen molar-refractivity contribution in [3.05, 3.63) is 82.2 Å². The molecule has 0 radical (unpaired) electrons. The number of benzene rings is 2. The third-order valence-electron chi connectivity index (χ3n) is 13.2. The molecule has 2 aliphatic carbocycles. The Morgan fingerprint density at radius 1 is 1.02 bits per heavy atom. The van der Waals surface area contributed by atoms with Crippen LogP contribution in [0.4, 0.5) is 0 Å². The summed E-state index contributed by atoms with van der Waals surface area (Å²) in [4.78, 5) is 26.6. The summed E-state index contributed by atoms with van der Waals surface area (Å²) in [6, 6.07) is 16.3. The Bertz CT molecular complexity index is 1900. The molecule has 4 fully saturated rings. The number of H-pyrrole nitrogens is 2. The number of hydrogen-bond donors (Lipinski definition) is 3. The molecule has 1 unspecified atom stereocenters. The minimum Gasteiger partial charge on any atom is -0.469 e. The van der Waals surface area contributed by atoms with Gasteiger partial charge in [0.05, 0.1) is 19.1 Å². The molecule has 7 heteroatoms. The summed E-state index contributed by atoms with van der Waals surface area (Å²) >= 11 is 0. The van der Waals surface area contributed by atoms with Gasteiger partial charge < -0.3 is 19.8 Å². The van der Waals surface area contributed by atoms with E-state index >= 15 is 0 Å². The molecule has 4 aromatic rings. The van der Waals surface area contributed by atoms with Crippen molar-refractivity contribution >= 4 is 27.8 Å². The van der Waals surface area contributed by atoms with E-state index in [0.717, 1.165) is 38.8 Å². The van der Waals surface area contributed by atoms with Gasteiger partial charge in [0.25, 0.3) is 0 Å². The van der Waals surface area contributed by atoms with E-state index < -0.39 is 0 Å². The number of aliphatic hydroxyl groups is 1. The number of fused-ring (bicyclic) bond motifs is 9. The van der Waals surface area contributed by atoms with Crippen LogP contribution in [-0.2, 0) is 22.4 Å². The first-order chi connectivity index (χ1) is 22.8.